The number of carbonyl (C=O) groups is 5. The molecule has 3 unspecified atom stereocenters. The van der Waals surface area contributed by atoms with Gasteiger partial charge in [-0.1, -0.05) is 74.5 Å². The molecule has 0 bridgehead atoms. The molecule has 2 N–H and O–H groups in total. The SMILES string of the molecule is CC(=O)O[C@@H](CC[C@H]1C(=O)N(c2ccc(F)cc2)[C@@H]1C1CC=C(OC(=O)CCCC(=O)OC2CC(CCn3c(-c4ccc(F)cc4)c(-c4ccccc4)c(C(=O)Nc4ccccc4)c3C(C)C)O[C@@H](O)C2)CC1)c1ccc(F)cc1. The van der Waals surface area contributed by atoms with Gasteiger partial charge in [-0.2, -0.15) is 0 Å². The van der Waals surface area contributed by atoms with E-state index in [0.29, 0.717) is 90.9 Å². The van der Waals surface area contributed by atoms with Gasteiger partial charge in [0, 0.05) is 68.2 Å². The number of ether oxygens (including phenoxy) is 4. The van der Waals surface area contributed by atoms with E-state index in [4.69, 9.17) is 18.9 Å². The van der Waals surface area contributed by atoms with Gasteiger partial charge >= 0.3 is 17.9 Å². The third-order valence-corrected chi connectivity index (χ3v) is 15.2. The van der Waals surface area contributed by atoms with Gasteiger partial charge in [0.2, 0.25) is 5.91 Å². The lowest BCUT2D eigenvalue weighted by atomic mass is 9.71. The van der Waals surface area contributed by atoms with E-state index in [2.05, 4.69) is 9.88 Å². The van der Waals surface area contributed by atoms with Crippen molar-refractivity contribution in [3.05, 3.63) is 180 Å². The molecule has 1 aromatic heterocycles. The molecule has 5 aromatic carbocycles. The first-order valence-corrected chi connectivity index (χ1v) is 27.5. The summed E-state index contributed by atoms with van der Waals surface area (Å²) in [6, 6.07) is 36.2. The predicted octanol–water partition coefficient (Wildman–Crippen LogP) is 12.9. The van der Waals surface area contributed by atoms with Crippen molar-refractivity contribution in [3.8, 4) is 22.4 Å². The van der Waals surface area contributed by atoms with Crippen molar-refractivity contribution in [3.63, 3.8) is 0 Å². The highest BCUT2D eigenvalue weighted by atomic mass is 19.1. The number of aliphatic hydroxyl groups excluding tert-OH is 1. The summed E-state index contributed by atoms with van der Waals surface area (Å²) in [6.45, 7) is 5.67. The molecule has 418 valence electrons. The summed E-state index contributed by atoms with van der Waals surface area (Å²) in [4.78, 5) is 68.5. The fraction of sp³-hybridized carbons (Fsp3) is 0.359. The molecule has 80 heavy (non-hydrogen) atoms. The van der Waals surface area contributed by atoms with Gasteiger partial charge in [0.15, 0.2) is 6.29 Å². The van der Waals surface area contributed by atoms with Crippen LogP contribution in [0.4, 0.5) is 24.5 Å². The van der Waals surface area contributed by atoms with E-state index < -0.39 is 65.9 Å². The Morgan fingerprint density at radius 3 is 2.05 bits per heavy atom. The van der Waals surface area contributed by atoms with Crippen molar-refractivity contribution >= 4 is 41.1 Å². The Morgan fingerprint density at radius 2 is 1.41 bits per heavy atom. The van der Waals surface area contributed by atoms with Crippen LogP contribution in [-0.2, 0) is 44.7 Å². The van der Waals surface area contributed by atoms with Crippen LogP contribution in [0.5, 0.6) is 0 Å². The summed E-state index contributed by atoms with van der Waals surface area (Å²) < 4.78 is 67.6. The van der Waals surface area contributed by atoms with Crippen molar-refractivity contribution in [1.82, 2.24) is 4.57 Å². The van der Waals surface area contributed by atoms with Gasteiger partial charge in [-0.05, 0) is 146 Å². The number of para-hydroxylation sites is 1. The van der Waals surface area contributed by atoms with Gasteiger partial charge in [-0.3, -0.25) is 24.0 Å². The van der Waals surface area contributed by atoms with Crippen LogP contribution in [0.1, 0.15) is 125 Å². The fourth-order valence-electron chi connectivity index (χ4n) is 11.6. The molecule has 0 saturated carbocycles. The number of carbonyl (C=O) groups excluding carboxylic acids is 5. The molecule has 2 aliphatic heterocycles. The Kier molecular flexibility index (Phi) is 18.5. The zero-order valence-electron chi connectivity index (χ0n) is 45.0. The number of aromatic nitrogens is 1. The molecule has 3 aliphatic rings. The molecule has 3 heterocycles. The van der Waals surface area contributed by atoms with Gasteiger partial charge in [0.05, 0.1) is 29.3 Å². The van der Waals surface area contributed by atoms with E-state index in [-0.39, 0.29) is 55.4 Å². The average molecular weight is 1090 g/mol. The summed E-state index contributed by atoms with van der Waals surface area (Å²) in [5.41, 5.74) is 5.97. The van der Waals surface area contributed by atoms with Crippen molar-refractivity contribution in [2.75, 3.05) is 10.2 Å². The van der Waals surface area contributed by atoms with E-state index >= 15 is 0 Å². The zero-order chi connectivity index (χ0) is 56.5. The summed E-state index contributed by atoms with van der Waals surface area (Å²) >= 11 is 0. The second kappa shape index (κ2) is 26.0. The van der Waals surface area contributed by atoms with Gasteiger partial charge in [0.1, 0.15) is 35.4 Å². The summed E-state index contributed by atoms with van der Waals surface area (Å²) in [6.07, 6.45) is 1.69. The van der Waals surface area contributed by atoms with Crippen LogP contribution in [0.2, 0.25) is 0 Å². The minimum atomic E-state index is -1.21. The molecule has 0 spiro atoms. The number of benzene rings is 5. The molecule has 2 amide bonds. The standard InChI is InChI=1S/C64H66F3N3O10/c1-39(2)60-59(63(75)68-48-13-8-5-9-14-48)58(42-11-6-4-7-12-42)62(44-19-25-46(66)26-20-44)69(60)36-35-51-37-52(38-57(74)79-51)80-56(73)16-10-15-55(72)78-50-31-21-43(22-32-50)61-53(64(76)70(61)49-29-27-47(67)28-30-49)33-34-54(77-40(3)71)41-17-23-45(65)24-18-41/h4-9,11-14,17-20,23-31,39,43,51-54,57,61,74H,10,15-16,21-22,32-38H2,1-3H3,(H,68,75)/t43?,51?,52?,53-,54+,57-,61-/m1/s1. The molecule has 7 atom stereocenters. The highest BCUT2D eigenvalue weighted by molar-refractivity contribution is 6.12. The summed E-state index contributed by atoms with van der Waals surface area (Å²) in [7, 11) is 0. The molecule has 9 rings (SSSR count). The number of anilines is 2. The molecular formula is C64H66F3N3O10. The number of halogens is 3. The maximum absolute atomic E-state index is 14.5. The highest BCUT2D eigenvalue weighted by Gasteiger charge is 2.51. The normalized spacial score (nSPS) is 20.3. The molecule has 6 aromatic rings. The van der Waals surface area contributed by atoms with E-state index in [9.17, 15) is 42.3 Å². The molecule has 16 heteroatoms. The summed E-state index contributed by atoms with van der Waals surface area (Å²) in [5, 5.41) is 14.0. The number of hydrogen-bond acceptors (Lipinski definition) is 10. The molecule has 2 saturated heterocycles. The third-order valence-electron chi connectivity index (χ3n) is 15.2. The second-order valence-electron chi connectivity index (χ2n) is 21.1. The van der Waals surface area contributed by atoms with E-state index in [1.807, 2.05) is 80.6 Å². The number of amides is 2. The van der Waals surface area contributed by atoms with Crippen LogP contribution in [0.25, 0.3) is 22.4 Å². The first-order chi connectivity index (χ1) is 38.6. The number of nitrogens with one attached hydrogen (secondary N) is 1. The van der Waals surface area contributed by atoms with Crippen molar-refractivity contribution in [2.45, 2.75) is 135 Å². The van der Waals surface area contributed by atoms with Gasteiger partial charge < -0.3 is 38.8 Å². The van der Waals surface area contributed by atoms with Crippen LogP contribution in [0.3, 0.4) is 0 Å². The van der Waals surface area contributed by atoms with Gasteiger partial charge in [0.25, 0.3) is 5.91 Å². The first-order valence-electron chi connectivity index (χ1n) is 27.5. The van der Waals surface area contributed by atoms with Crippen LogP contribution in [0.15, 0.2) is 145 Å². The first kappa shape index (κ1) is 56.9. The molecular weight excluding hydrogens is 1030 g/mol. The van der Waals surface area contributed by atoms with Crippen molar-refractivity contribution in [2.24, 2.45) is 11.8 Å². The number of esters is 3. The maximum atomic E-state index is 14.5. The Morgan fingerprint density at radius 1 is 0.775 bits per heavy atom. The smallest absolute Gasteiger partial charge is 0.310 e. The Bertz CT molecular complexity index is 3170. The molecule has 1 aliphatic carbocycles. The van der Waals surface area contributed by atoms with Gasteiger partial charge in [-0.15, -0.1) is 0 Å². The number of aliphatic hydroxyl groups is 1. The Hall–Kier alpha value is -7.82. The monoisotopic (exact) mass is 1090 g/mol. The lowest BCUT2D eigenvalue weighted by molar-refractivity contribution is -0.202. The number of β-lactam (4-membered cyclic amide) rings is 1. The van der Waals surface area contributed by atoms with E-state index in [1.54, 1.807) is 41.3 Å². The average Bonchev–Trinajstić information content (AvgIpc) is 3.79. The van der Waals surface area contributed by atoms with Crippen molar-refractivity contribution in [1.29, 1.82) is 0 Å². The minimum Gasteiger partial charge on any atom is -0.462 e. The Balaban J connectivity index is 0.808. The van der Waals surface area contributed by atoms with Gasteiger partial charge in [-0.25, -0.2) is 13.2 Å². The van der Waals surface area contributed by atoms with E-state index in [1.165, 1.54) is 43.3 Å². The number of allylic oxidation sites excluding steroid dienone is 2. The minimum absolute atomic E-state index is 0.0367. The predicted molar refractivity (Wildman–Crippen MR) is 295 cm³/mol. The Labute approximate surface area is 463 Å². The second-order valence-corrected chi connectivity index (χ2v) is 21.1. The molecule has 13 nitrogen and oxygen atoms in total. The highest BCUT2D eigenvalue weighted by Crippen LogP contribution is 2.46. The number of nitrogens with zero attached hydrogens (tertiary/aromatic N) is 2. The molecule has 2 fully saturated rings. The maximum Gasteiger partial charge on any atom is 0.310 e. The lowest BCUT2D eigenvalue weighted by Gasteiger charge is -2.51. The lowest BCUT2D eigenvalue weighted by Crippen LogP contribution is -2.64. The largest absolute Gasteiger partial charge is 0.462 e. The van der Waals surface area contributed by atoms with Crippen LogP contribution >= 0.6 is 0 Å². The number of hydrogen-bond donors (Lipinski definition) is 2. The topological polar surface area (TPSA) is 163 Å². The summed E-state index contributed by atoms with van der Waals surface area (Å²) in [5.74, 6) is -3.38. The van der Waals surface area contributed by atoms with Crippen molar-refractivity contribution < 1.29 is 61.2 Å². The van der Waals surface area contributed by atoms with Crippen LogP contribution in [-0.4, -0.2) is 63.9 Å². The number of rotatable bonds is 21. The van der Waals surface area contributed by atoms with Crippen LogP contribution < -0.4 is 10.2 Å². The van der Waals surface area contributed by atoms with Crippen LogP contribution in [0, 0.1) is 29.3 Å². The quantitative estimate of drug-likeness (QED) is 0.0403. The van der Waals surface area contributed by atoms with E-state index in [0.717, 1.165) is 17.0 Å². The zero-order valence-corrected chi connectivity index (χ0v) is 45.0. The molecule has 0 radical (unpaired) electrons. The fourth-order valence-corrected chi connectivity index (χ4v) is 11.6. The third kappa shape index (κ3) is 13.8.